The second kappa shape index (κ2) is 4.78. The fourth-order valence-corrected chi connectivity index (χ4v) is 1.67. The van der Waals surface area contributed by atoms with Gasteiger partial charge in [0.05, 0.1) is 16.3 Å². The molecule has 94 valence electrons. The molecular weight excluding hydrogens is 254 g/mol. The Bertz CT molecular complexity index is 593. The normalized spacial score (nSPS) is 10.9. The second-order valence-corrected chi connectivity index (χ2v) is 4.57. The first-order valence-corrected chi connectivity index (χ1v) is 5.81. The number of nitrogens with zero attached hydrogens (tertiary/aromatic N) is 3. The monoisotopic (exact) mass is 265 g/mol. The molecule has 0 radical (unpaired) electrons. The van der Waals surface area contributed by atoms with Crippen LogP contribution in [0.4, 0.5) is 0 Å². The number of carboxylic acids is 1. The van der Waals surface area contributed by atoms with Crippen LogP contribution in [0.2, 0.25) is 5.02 Å². The van der Waals surface area contributed by atoms with Gasteiger partial charge in [-0.25, -0.2) is 14.5 Å². The van der Waals surface area contributed by atoms with Gasteiger partial charge in [-0.1, -0.05) is 25.4 Å². The molecule has 5 nitrogen and oxygen atoms in total. The summed E-state index contributed by atoms with van der Waals surface area (Å²) in [6, 6.07) is 3.28. The van der Waals surface area contributed by atoms with Gasteiger partial charge in [-0.2, -0.15) is 5.10 Å². The van der Waals surface area contributed by atoms with Gasteiger partial charge in [-0.3, -0.25) is 0 Å². The Labute approximate surface area is 109 Å². The second-order valence-electron chi connectivity index (χ2n) is 4.17. The van der Waals surface area contributed by atoms with Crippen LogP contribution in [0, 0.1) is 0 Å². The van der Waals surface area contributed by atoms with Crippen molar-refractivity contribution in [2.24, 2.45) is 0 Å². The Morgan fingerprint density at radius 1 is 1.50 bits per heavy atom. The quantitative estimate of drug-likeness (QED) is 0.926. The lowest BCUT2D eigenvalue weighted by molar-refractivity contribution is 0.0697. The number of aromatic nitrogens is 3. The van der Waals surface area contributed by atoms with Gasteiger partial charge in [0.25, 0.3) is 0 Å². The van der Waals surface area contributed by atoms with Gasteiger partial charge < -0.3 is 5.11 Å². The summed E-state index contributed by atoms with van der Waals surface area (Å²) in [5.41, 5.74) is 0.937. The Hall–Kier alpha value is -1.88. The molecule has 0 atom stereocenters. The first-order chi connectivity index (χ1) is 8.49. The van der Waals surface area contributed by atoms with Crippen LogP contribution in [0.3, 0.4) is 0 Å². The smallest absolute Gasteiger partial charge is 0.337 e. The Kier molecular flexibility index (Phi) is 3.34. The average Bonchev–Trinajstić information content (AvgIpc) is 2.78. The number of carboxylic acid groups (broad SMARTS) is 1. The summed E-state index contributed by atoms with van der Waals surface area (Å²) in [7, 11) is 0. The lowest BCUT2D eigenvalue weighted by atomic mass is 10.1. The first-order valence-electron chi connectivity index (χ1n) is 5.44. The molecule has 0 saturated heterocycles. The third-order valence-electron chi connectivity index (χ3n) is 2.51. The zero-order valence-electron chi connectivity index (χ0n) is 9.96. The van der Waals surface area contributed by atoms with Crippen LogP contribution >= 0.6 is 11.6 Å². The van der Waals surface area contributed by atoms with E-state index in [2.05, 4.69) is 10.1 Å². The van der Waals surface area contributed by atoms with E-state index in [1.165, 1.54) is 16.9 Å². The van der Waals surface area contributed by atoms with E-state index >= 15 is 0 Å². The molecule has 2 heterocycles. The van der Waals surface area contributed by atoms with E-state index in [0.717, 1.165) is 5.69 Å². The Balaban J connectivity index is 2.44. The minimum absolute atomic E-state index is 0.0169. The number of rotatable bonds is 3. The van der Waals surface area contributed by atoms with Crippen LogP contribution in [0.5, 0.6) is 0 Å². The van der Waals surface area contributed by atoms with Crippen molar-refractivity contribution in [2.75, 3.05) is 0 Å². The van der Waals surface area contributed by atoms with Crippen molar-refractivity contribution in [3.05, 3.63) is 40.8 Å². The maximum Gasteiger partial charge on any atom is 0.337 e. The molecule has 2 rings (SSSR count). The molecule has 0 saturated carbocycles. The van der Waals surface area contributed by atoms with Crippen molar-refractivity contribution in [3.8, 4) is 5.82 Å². The fourth-order valence-electron chi connectivity index (χ4n) is 1.49. The van der Waals surface area contributed by atoms with Crippen LogP contribution in [-0.4, -0.2) is 25.8 Å². The molecule has 0 aliphatic carbocycles. The third-order valence-corrected chi connectivity index (χ3v) is 2.81. The number of aromatic carboxylic acids is 1. The van der Waals surface area contributed by atoms with Crippen molar-refractivity contribution in [2.45, 2.75) is 19.8 Å². The van der Waals surface area contributed by atoms with Gasteiger partial charge in [0.15, 0.2) is 5.82 Å². The lowest BCUT2D eigenvalue weighted by Gasteiger charge is -2.04. The Morgan fingerprint density at radius 3 is 2.78 bits per heavy atom. The maximum absolute atomic E-state index is 11.0. The summed E-state index contributed by atoms with van der Waals surface area (Å²) < 4.78 is 1.54. The van der Waals surface area contributed by atoms with E-state index in [9.17, 15) is 4.79 Å². The van der Waals surface area contributed by atoms with Crippen molar-refractivity contribution in [3.63, 3.8) is 0 Å². The summed E-state index contributed by atoms with van der Waals surface area (Å²) in [5.74, 6) is -0.346. The van der Waals surface area contributed by atoms with Gasteiger partial charge in [0.1, 0.15) is 0 Å². The molecule has 0 aromatic carbocycles. The van der Waals surface area contributed by atoms with Crippen molar-refractivity contribution in [1.29, 1.82) is 0 Å². The zero-order chi connectivity index (χ0) is 13.3. The van der Waals surface area contributed by atoms with Crippen LogP contribution in [0.15, 0.2) is 24.5 Å². The Morgan fingerprint density at radius 2 is 2.22 bits per heavy atom. The van der Waals surface area contributed by atoms with Crippen molar-refractivity contribution in [1.82, 2.24) is 14.8 Å². The summed E-state index contributed by atoms with van der Waals surface area (Å²) in [5, 5.41) is 13.4. The molecule has 0 spiro atoms. The molecule has 0 bridgehead atoms. The topological polar surface area (TPSA) is 68.0 Å². The highest BCUT2D eigenvalue weighted by Crippen LogP contribution is 2.18. The molecule has 18 heavy (non-hydrogen) atoms. The number of pyridine rings is 1. The van der Waals surface area contributed by atoms with Crippen LogP contribution < -0.4 is 0 Å². The predicted molar refractivity (Wildman–Crippen MR) is 67.4 cm³/mol. The minimum atomic E-state index is -1.08. The van der Waals surface area contributed by atoms with E-state index in [-0.39, 0.29) is 10.6 Å². The summed E-state index contributed by atoms with van der Waals surface area (Å²) in [6.45, 7) is 4.06. The summed E-state index contributed by atoms with van der Waals surface area (Å²) in [6.07, 6.45) is 3.06. The molecular formula is C12H12ClN3O2. The molecule has 0 amide bonds. The number of halogens is 1. The molecule has 2 aromatic rings. The molecule has 0 aliphatic rings. The zero-order valence-corrected chi connectivity index (χ0v) is 10.7. The van der Waals surface area contributed by atoms with Gasteiger partial charge >= 0.3 is 5.97 Å². The van der Waals surface area contributed by atoms with Gasteiger partial charge in [0.2, 0.25) is 0 Å². The van der Waals surface area contributed by atoms with Gasteiger partial charge in [0, 0.05) is 12.4 Å². The lowest BCUT2D eigenvalue weighted by Crippen LogP contribution is -2.04. The van der Waals surface area contributed by atoms with Gasteiger partial charge in [-0.15, -0.1) is 0 Å². The molecule has 2 aromatic heterocycles. The number of hydrogen-bond acceptors (Lipinski definition) is 3. The number of hydrogen-bond donors (Lipinski definition) is 1. The van der Waals surface area contributed by atoms with E-state index in [1.54, 1.807) is 6.20 Å². The highest BCUT2D eigenvalue weighted by Gasteiger charge is 2.12. The molecule has 0 aliphatic heterocycles. The summed E-state index contributed by atoms with van der Waals surface area (Å²) >= 11 is 5.76. The van der Waals surface area contributed by atoms with E-state index in [4.69, 9.17) is 16.7 Å². The highest BCUT2D eigenvalue weighted by atomic mass is 35.5. The largest absolute Gasteiger partial charge is 0.478 e. The third kappa shape index (κ3) is 2.36. The molecule has 0 fully saturated rings. The standard InChI is InChI=1S/C12H12ClN3O2/c1-7(2)10-3-4-16(15-10)11-5-8(12(17)18)9(13)6-14-11/h3-7H,1-2H3,(H,17,18). The minimum Gasteiger partial charge on any atom is -0.478 e. The van der Waals surface area contributed by atoms with E-state index in [0.29, 0.717) is 11.7 Å². The van der Waals surface area contributed by atoms with Crippen LogP contribution in [0.25, 0.3) is 5.82 Å². The van der Waals surface area contributed by atoms with E-state index in [1.807, 2.05) is 19.9 Å². The van der Waals surface area contributed by atoms with Crippen molar-refractivity contribution < 1.29 is 9.90 Å². The van der Waals surface area contributed by atoms with Crippen LogP contribution in [0.1, 0.15) is 35.8 Å². The molecule has 6 heteroatoms. The highest BCUT2D eigenvalue weighted by molar-refractivity contribution is 6.33. The first kappa shape index (κ1) is 12.6. The van der Waals surface area contributed by atoms with Crippen molar-refractivity contribution >= 4 is 17.6 Å². The fraction of sp³-hybridized carbons (Fsp3) is 0.250. The summed E-state index contributed by atoms with van der Waals surface area (Å²) in [4.78, 5) is 15.0. The van der Waals surface area contributed by atoms with E-state index < -0.39 is 5.97 Å². The average molecular weight is 266 g/mol. The molecule has 0 unspecified atom stereocenters. The SMILES string of the molecule is CC(C)c1ccn(-c2cc(C(=O)O)c(Cl)cn2)n1. The molecule has 1 N–H and O–H groups in total. The van der Waals surface area contributed by atoms with Crippen LogP contribution in [-0.2, 0) is 0 Å². The number of carbonyl (C=O) groups is 1. The maximum atomic E-state index is 11.0. The van der Waals surface area contributed by atoms with Gasteiger partial charge in [-0.05, 0) is 18.1 Å². The predicted octanol–water partition coefficient (Wildman–Crippen LogP) is 2.74.